The number of anilines is 1. The standard InChI is InChI=1S/C49H62N4O13/c1-24(2)51-18-17-50-19-21-62-31-14-15-32-36(22-31)65-46-40(52-32)37-38-42(57)29(7)45-39(37)47(59)49(9,66-45)63-20-16-35(61-10)28(6)44(64-30(8)54)27(5)34(56)23-33(55)25(3)12-11-13-26(4)48(60)53-41(46)43(38)58/h11-16,20,22,24-25,27-28,33-35,44,50-51,55-57H,17-19,21,23H2,1-10H3,(H,53,60)/b12-11+,20-16+,26-13-/t25-,27+,28+,33+,34+,35-,44-,49-/m0/s1. The molecule has 2 aromatic rings. The van der Waals surface area contributed by atoms with E-state index in [0.717, 1.165) is 13.1 Å². The number of aromatic nitrogens is 1. The summed E-state index contributed by atoms with van der Waals surface area (Å²) in [5.74, 6) is -6.07. The summed E-state index contributed by atoms with van der Waals surface area (Å²) in [6, 6.07) is 5.35. The molecule has 0 unspecified atom stereocenters. The number of aliphatic hydroxyl groups excluding tert-OH is 2. The molecule has 4 bridgehead atoms. The summed E-state index contributed by atoms with van der Waals surface area (Å²) < 4.78 is 36.2. The van der Waals surface area contributed by atoms with E-state index in [1.807, 2.05) is 0 Å². The van der Waals surface area contributed by atoms with Gasteiger partial charge in [0.1, 0.15) is 46.9 Å². The average Bonchev–Trinajstić information content (AvgIpc) is 3.54. The van der Waals surface area contributed by atoms with Crippen LogP contribution in [0.15, 0.2) is 63.6 Å². The number of ketones is 1. The Hall–Kier alpha value is -5.85. The van der Waals surface area contributed by atoms with Gasteiger partial charge in [-0.25, -0.2) is 4.98 Å². The summed E-state index contributed by atoms with van der Waals surface area (Å²) in [6.45, 7) is 17.5. The van der Waals surface area contributed by atoms with E-state index in [-0.39, 0.29) is 62.4 Å². The number of esters is 1. The SMILES string of the molecule is CO[C@H]1/C=C/O[C@@]2(C)Oc3c(C)c(O)c4c(=O)c(c5oc6cc(OCCNCCNC(C)C)ccc6nc-5c4c3C2=O)NC(=O)/C(C)=C\C=C\[C@H](C)[C@H](O)C[C@@H](O)[C@@H](C)[C@H](OC(C)=O)[C@@H]1C. The van der Waals surface area contributed by atoms with Crippen molar-refractivity contribution in [3.63, 3.8) is 0 Å². The number of hydrogen-bond acceptors (Lipinski definition) is 16. The number of aromatic hydroxyl groups is 1. The van der Waals surface area contributed by atoms with E-state index in [9.17, 15) is 34.5 Å². The van der Waals surface area contributed by atoms with Crippen LogP contribution in [0.25, 0.3) is 33.3 Å². The summed E-state index contributed by atoms with van der Waals surface area (Å²) in [5.41, 5.74) is -0.588. The molecule has 1 amide bonds. The molecular weight excluding hydrogens is 853 g/mol. The Morgan fingerprint density at radius 3 is 2.47 bits per heavy atom. The number of carbonyl (C=O) groups is 3. The van der Waals surface area contributed by atoms with E-state index >= 15 is 0 Å². The lowest BCUT2D eigenvalue weighted by Gasteiger charge is -2.35. The second-order valence-corrected chi connectivity index (χ2v) is 17.6. The second-order valence-electron chi connectivity index (χ2n) is 17.6. The van der Waals surface area contributed by atoms with Gasteiger partial charge in [0.2, 0.25) is 5.43 Å². The number of hydrogen-bond donors (Lipinski definition) is 6. The summed E-state index contributed by atoms with van der Waals surface area (Å²) in [4.78, 5) is 60.6. The Labute approximate surface area is 383 Å². The molecule has 6 rings (SSSR count). The number of allylic oxidation sites excluding steroid dienone is 2. The largest absolute Gasteiger partial charge is 0.507 e. The summed E-state index contributed by atoms with van der Waals surface area (Å²) in [6.07, 6.45) is 3.57. The predicted octanol–water partition coefficient (Wildman–Crippen LogP) is 5.67. The second kappa shape index (κ2) is 20.8. The van der Waals surface area contributed by atoms with Crippen molar-refractivity contribution in [2.24, 2.45) is 17.8 Å². The monoisotopic (exact) mass is 914 g/mol. The third-order valence-electron chi connectivity index (χ3n) is 12.3. The van der Waals surface area contributed by atoms with E-state index < -0.39 is 76.8 Å². The third-order valence-corrected chi connectivity index (χ3v) is 12.3. The molecule has 1 aliphatic carbocycles. The van der Waals surface area contributed by atoms with Crippen molar-refractivity contribution >= 4 is 45.2 Å². The van der Waals surface area contributed by atoms with Crippen LogP contribution in [0.2, 0.25) is 0 Å². The number of rotatable bonds is 10. The van der Waals surface area contributed by atoms with Gasteiger partial charge in [0, 0.05) is 93.4 Å². The molecule has 17 heteroatoms. The molecule has 17 nitrogen and oxygen atoms in total. The van der Waals surface area contributed by atoms with Gasteiger partial charge < -0.3 is 59.4 Å². The number of fused-ring (bicyclic) bond motifs is 2. The Balaban J connectivity index is 1.50. The van der Waals surface area contributed by atoms with Crippen LogP contribution in [-0.4, -0.2) is 108 Å². The van der Waals surface area contributed by atoms with Crippen LogP contribution in [0.1, 0.15) is 77.7 Å². The van der Waals surface area contributed by atoms with Gasteiger partial charge in [-0.3, -0.25) is 19.2 Å². The fourth-order valence-corrected chi connectivity index (χ4v) is 8.24. The van der Waals surface area contributed by atoms with Crippen molar-refractivity contribution in [3.05, 3.63) is 75.7 Å². The lowest BCUT2D eigenvalue weighted by atomic mass is 9.83. The van der Waals surface area contributed by atoms with Gasteiger partial charge in [-0.2, -0.15) is 0 Å². The topological polar surface area (TPSA) is 237 Å². The van der Waals surface area contributed by atoms with Gasteiger partial charge in [-0.15, -0.1) is 0 Å². The van der Waals surface area contributed by atoms with E-state index in [2.05, 4.69) is 29.8 Å². The summed E-state index contributed by atoms with van der Waals surface area (Å²) in [7, 11) is 1.44. The molecule has 0 radical (unpaired) electrons. The molecule has 3 heterocycles. The van der Waals surface area contributed by atoms with Crippen LogP contribution < -0.4 is 30.9 Å². The molecule has 66 heavy (non-hydrogen) atoms. The van der Waals surface area contributed by atoms with Crippen molar-refractivity contribution in [3.8, 4) is 28.7 Å². The maximum atomic E-state index is 14.7. The highest BCUT2D eigenvalue weighted by molar-refractivity contribution is 6.22. The number of aliphatic hydroxyl groups is 2. The molecule has 0 aromatic heterocycles. The van der Waals surface area contributed by atoms with Crippen LogP contribution in [0, 0.1) is 24.7 Å². The van der Waals surface area contributed by atoms with Gasteiger partial charge in [-0.05, 0) is 32.1 Å². The zero-order valence-corrected chi connectivity index (χ0v) is 39.1. The van der Waals surface area contributed by atoms with Crippen molar-refractivity contribution in [1.29, 1.82) is 0 Å². The number of nitrogens with one attached hydrogen (secondary N) is 3. The third kappa shape index (κ3) is 10.4. The minimum absolute atomic E-state index is 0.0246. The first-order chi connectivity index (χ1) is 31.3. The van der Waals surface area contributed by atoms with Crippen LogP contribution in [0.5, 0.6) is 17.2 Å². The van der Waals surface area contributed by atoms with Crippen LogP contribution in [0.4, 0.5) is 5.69 Å². The highest BCUT2D eigenvalue weighted by Crippen LogP contribution is 2.50. The van der Waals surface area contributed by atoms with Crippen LogP contribution in [-0.2, 0) is 23.8 Å². The van der Waals surface area contributed by atoms with Gasteiger partial charge in [0.15, 0.2) is 11.3 Å². The van der Waals surface area contributed by atoms with Gasteiger partial charge in [0.25, 0.3) is 11.7 Å². The number of amides is 1. The van der Waals surface area contributed by atoms with Crippen molar-refractivity contribution in [2.75, 3.05) is 38.7 Å². The molecule has 0 saturated heterocycles. The highest BCUT2D eigenvalue weighted by Gasteiger charge is 2.50. The van der Waals surface area contributed by atoms with Gasteiger partial charge >= 0.3 is 11.8 Å². The average molecular weight is 915 g/mol. The van der Waals surface area contributed by atoms with E-state index in [1.165, 1.54) is 53.2 Å². The Bertz CT molecular complexity index is 2580. The number of benzene rings is 3. The molecular formula is C49H62N4O13. The fraction of sp³-hybridized carbons (Fsp3) is 0.490. The van der Waals surface area contributed by atoms with E-state index in [0.29, 0.717) is 30.5 Å². The number of methoxy groups -OCH3 is 1. The Kier molecular flexibility index (Phi) is 15.6. The number of ether oxygens (including phenoxy) is 5. The normalized spacial score (nSPS) is 27.1. The quantitative estimate of drug-likeness (QED) is 0.0487. The fourth-order valence-electron chi connectivity index (χ4n) is 8.24. The lowest BCUT2D eigenvalue weighted by Crippen LogP contribution is -2.43. The first-order valence-electron chi connectivity index (χ1n) is 22.2. The molecule has 2 aromatic carbocycles. The molecule has 0 saturated carbocycles. The van der Waals surface area contributed by atoms with Crippen molar-refractivity contribution in [1.82, 2.24) is 15.6 Å². The Morgan fingerprint density at radius 1 is 1.03 bits per heavy atom. The van der Waals surface area contributed by atoms with Gasteiger partial charge in [-0.1, -0.05) is 52.8 Å². The molecule has 6 N–H and O–H groups in total. The number of phenolic OH excluding ortho intramolecular Hbond substituents is 1. The maximum Gasteiger partial charge on any atom is 0.312 e. The minimum Gasteiger partial charge on any atom is -0.507 e. The number of carbonyl (C=O) groups excluding carboxylic acids is 3. The van der Waals surface area contributed by atoms with Crippen LogP contribution in [0.3, 0.4) is 0 Å². The summed E-state index contributed by atoms with van der Waals surface area (Å²) in [5, 5.41) is 43.2. The molecule has 0 spiro atoms. The first kappa shape index (κ1) is 49.6. The van der Waals surface area contributed by atoms with Crippen molar-refractivity contribution < 1.29 is 57.8 Å². The van der Waals surface area contributed by atoms with Crippen molar-refractivity contribution in [2.45, 2.75) is 105 Å². The molecule has 3 aliphatic heterocycles. The highest BCUT2D eigenvalue weighted by atomic mass is 16.7. The molecule has 4 aliphatic rings. The number of nitrogens with zero attached hydrogens (tertiary/aromatic N) is 1. The van der Waals surface area contributed by atoms with E-state index in [4.69, 9.17) is 33.1 Å². The zero-order valence-electron chi connectivity index (χ0n) is 39.1. The number of phenols is 1. The lowest BCUT2D eigenvalue weighted by molar-refractivity contribution is -0.158. The molecule has 356 valence electrons. The predicted molar refractivity (Wildman–Crippen MR) is 248 cm³/mol. The zero-order chi connectivity index (χ0) is 48.2. The first-order valence-corrected chi connectivity index (χ1v) is 22.2. The smallest absolute Gasteiger partial charge is 0.312 e. The molecule has 0 fully saturated rings. The minimum atomic E-state index is -2.04. The summed E-state index contributed by atoms with van der Waals surface area (Å²) >= 11 is 0. The maximum absolute atomic E-state index is 14.7. The molecule has 8 atom stereocenters. The van der Waals surface area contributed by atoms with Crippen LogP contribution >= 0.6 is 0 Å². The number of Topliss-reactive ketones (excluding diaryl/α,β-unsaturated/α-hetero) is 1. The Morgan fingerprint density at radius 2 is 1.77 bits per heavy atom. The van der Waals surface area contributed by atoms with Gasteiger partial charge in [0.05, 0.1) is 35.5 Å². The van der Waals surface area contributed by atoms with E-state index in [1.54, 1.807) is 51.1 Å².